The number of hydrogen-bond donors (Lipinski definition) is 1. The first kappa shape index (κ1) is 14.0. The molecule has 0 radical (unpaired) electrons. The molecule has 0 bridgehead atoms. The lowest BCUT2D eigenvalue weighted by atomic mass is 10.2. The Hall–Kier alpha value is -1.37. The highest BCUT2D eigenvalue weighted by Crippen LogP contribution is 2.19. The zero-order chi connectivity index (χ0) is 14.0. The first-order valence-electron chi connectivity index (χ1n) is 5.57. The van der Waals surface area contributed by atoms with E-state index in [2.05, 4.69) is 9.88 Å². The highest BCUT2D eigenvalue weighted by Gasteiger charge is 2.23. The molecule has 0 fully saturated rings. The molecule has 19 heavy (non-hydrogen) atoms. The largest absolute Gasteiger partial charge is 0.360 e. The third-order valence-electron chi connectivity index (χ3n) is 2.62. The average molecular weight is 301 g/mol. The summed E-state index contributed by atoms with van der Waals surface area (Å²) >= 11 is 5.77. The van der Waals surface area contributed by atoms with Crippen LogP contribution in [0.1, 0.15) is 17.0 Å². The van der Waals surface area contributed by atoms with Gasteiger partial charge in [-0.1, -0.05) is 28.9 Å². The predicted octanol–water partition coefficient (Wildman–Crippen LogP) is 2.42. The number of halogens is 1. The van der Waals surface area contributed by atoms with Crippen molar-refractivity contribution in [3.05, 3.63) is 46.3 Å². The predicted molar refractivity (Wildman–Crippen MR) is 71.5 cm³/mol. The summed E-state index contributed by atoms with van der Waals surface area (Å²) in [6.07, 6.45) is 0. The summed E-state index contributed by atoms with van der Waals surface area (Å²) in [6.45, 7) is 3.34. The van der Waals surface area contributed by atoms with Gasteiger partial charge in [-0.3, -0.25) is 0 Å². The molecule has 1 aromatic carbocycles. The van der Waals surface area contributed by atoms with Gasteiger partial charge in [0.25, 0.3) is 0 Å². The lowest BCUT2D eigenvalue weighted by Crippen LogP contribution is -2.24. The summed E-state index contributed by atoms with van der Waals surface area (Å²) in [5, 5.41) is 4.25. The van der Waals surface area contributed by atoms with Crippen LogP contribution in [-0.4, -0.2) is 13.6 Å². The number of sulfonamides is 1. The van der Waals surface area contributed by atoms with Crippen molar-refractivity contribution in [1.29, 1.82) is 0 Å². The van der Waals surface area contributed by atoms with E-state index in [1.165, 1.54) is 0 Å². The molecule has 0 aliphatic heterocycles. The monoisotopic (exact) mass is 300 g/mol. The Morgan fingerprint density at radius 3 is 2.42 bits per heavy atom. The Morgan fingerprint density at radius 1 is 1.26 bits per heavy atom. The lowest BCUT2D eigenvalue weighted by molar-refractivity contribution is 0.390. The third kappa shape index (κ3) is 3.15. The second-order valence-corrected chi connectivity index (χ2v) is 6.24. The Bertz CT molecular complexity index is 658. The van der Waals surface area contributed by atoms with Gasteiger partial charge in [-0.2, -0.15) is 0 Å². The number of hydrogen-bond acceptors (Lipinski definition) is 4. The molecule has 0 saturated carbocycles. The molecule has 2 aromatic rings. The number of nitrogens with zero attached hydrogens (tertiary/aromatic N) is 1. The molecule has 2 rings (SSSR count). The van der Waals surface area contributed by atoms with Crippen molar-refractivity contribution in [2.75, 3.05) is 0 Å². The number of aryl methyl sites for hydroxylation is 2. The van der Waals surface area contributed by atoms with E-state index in [4.69, 9.17) is 16.1 Å². The van der Waals surface area contributed by atoms with E-state index in [0.717, 1.165) is 5.56 Å². The van der Waals surface area contributed by atoms with Crippen molar-refractivity contribution in [1.82, 2.24) is 9.88 Å². The molecule has 0 saturated heterocycles. The van der Waals surface area contributed by atoms with Crippen LogP contribution in [0.4, 0.5) is 0 Å². The minimum atomic E-state index is -3.63. The van der Waals surface area contributed by atoms with Crippen molar-refractivity contribution in [3.63, 3.8) is 0 Å². The van der Waals surface area contributed by atoms with Crippen LogP contribution in [0.3, 0.4) is 0 Å². The standard InChI is InChI=1S/C12H13ClN2O3S/c1-8-12(9(2)18-15-8)19(16,17)14-7-10-3-5-11(13)6-4-10/h3-6,14H,7H2,1-2H3. The van der Waals surface area contributed by atoms with Crippen LogP contribution in [0.2, 0.25) is 5.02 Å². The quantitative estimate of drug-likeness (QED) is 0.941. The van der Waals surface area contributed by atoms with Crippen LogP contribution in [0.5, 0.6) is 0 Å². The maximum Gasteiger partial charge on any atom is 0.246 e. The number of benzene rings is 1. The summed E-state index contributed by atoms with van der Waals surface area (Å²) in [5.41, 5.74) is 1.17. The van der Waals surface area contributed by atoms with Crippen molar-refractivity contribution >= 4 is 21.6 Å². The van der Waals surface area contributed by atoms with Gasteiger partial charge in [0, 0.05) is 11.6 Å². The van der Waals surface area contributed by atoms with Crippen LogP contribution in [-0.2, 0) is 16.6 Å². The van der Waals surface area contributed by atoms with Gasteiger partial charge in [-0.05, 0) is 31.5 Å². The van der Waals surface area contributed by atoms with Crippen molar-refractivity contribution in [2.45, 2.75) is 25.3 Å². The lowest BCUT2D eigenvalue weighted by Gasteiger charge is -2.06. The second kappa shape index (κ2) is 5.32. The van der Waals surface area contributed by atoms with Gasteiger partial charge >= 0.3 is 0 Å². The third-order valence-corrected chi connectivity index (χ3v) is 4.51. The van der Waals surface area contributed by atoms with Crippen LogP contribution in [0.15, 0.2) is 33.7 Å². The molecule has 0 spiro atoms. The minimum Gasteiger partial charge on any atom is -0.360 e. The van der Waals surface area contributed by atoms with E-state index in [1.807, 2.05) is 0 Å². The topological polar surface area (TPSA) is 72.2 Å². The molecule has 0 atom stereocenters. The summed E-state index contributed by atoms with van der Waals surface area (Å²) in [7, 11) is -3.63. The van der Waals surface area contributed by atoms with Crippen LogP contribution in [0, 0.1) is 13.8 Å². The van der Waals surface area contributed by atoms with Gasteiger partial charge in [0.1, 0.15) is 10.6 Å². The van der Waals surface area contributed by atoms with Crippen molar-refractivity contribution < 1.29 is 12.9 Å². The molecular weight excluding hydrogens is 288 g/mol. The fourth-order valence-corrected chi connectivity index (χ4v) is 3.18. The average Bonchev–Trinajstić information content (AvgIpc) is 2.69. The Kier molecular flexibility index (Phi) is 3.93. The second-order valence-electron chi connectivity index (χ2n) is 4.10. The van der Waals surface area contributed by atoms with E-state index >= 15 is 0 Å². The molecular formula is C12H13ClN2O3S. The van der Waals surface area contributed by atoms with Crippen molar-refractivity contribution in [2.24, 2.45) is 0 Å². The molecule has 1 N–H and O–H groups in total. The van der Waals surface area contributed by atoms with Gasteiger partial charge in [0.2, 0.25) is 10.0 Å². The van der Waals surface area contributed by atoms with Gasteiger partial charge in [0.05, 0.1) is 0 Å². The number of rotatable bonds is 4. The van der Waals surface area contributed by atoms with Gasteiger partial charge in [0.15, 0.2) is 5.76 Å². The van der Waals surface area contributed by atoms with Crippen LogP contribution >= 0.6 is 11.6 Å². The molecule has 0 aliphatic carbocycles. The zero-order valence-corrected chi connectivity index (χ0v) is 12.0. The van der Waals surface area contributed by atoms with Gasteiger partial charge in [-0.25, -0.2) is 13.1 Å². The van der Waals surface area contributed by atoms with Crippen molar-refractivity contribution in [3.8, 4) is 0 Å². The van der Waals surface area contributed by atoms with Crippen LogP contribution < -0.4 is 4.72 Å². The smallest absolute Gasteiger partial charge is 0.246 e. The molecule has 5 nitrogen and oxygen atoms in total. The molecule has 0 amide bonds. The van der Waals surface area contributed by atoms with E-state index < -0.39 is 10.0 Å². The normalized spacial score (nSPS) is 11.7. The Labute approximate surface area is 116 Å². The summed E-state index contributed by atoms with van der Waals surface area (Å²) in [5.74, 6) is 0.279. The summed E-state index contributed by atoms with van der Waals surface area (Å²) in [6, 6.07) is 6.94. The molecule has 0 aliphatic rings. The first-order valence-corrected chi connectivity index (χ1v) is 7.43. The zero-order valence-electron chi connectivity index (χ0n) is 10.5. The Morgan fingerprint density at radius 2 is 1.89 bits per heavy atom. The molecule has 1 aromatic heterocycles. The molecule has 0 unspecified atom stereocenters. The number of aromatic nitrogens is 1. The van der Waals surface area contributed by atoms with E-state index in [-0.39, 0.29) is 17.2 Å². The highest BCUT2D eigenvalue weighted by molar-refractivity contribution is 7.89. The van der Waals surface area contributed by atoms with Gasteiger partial charge in [-0.15, -0.1) is 0 Å². The fraction of sp³-hybridized carbons (Fsp3) is 0.250. The van der Waals surface area contributed by atoms with E-state index in [9.17, 15) is 8.42 Å². The van der Waals surface area contributed by atoms with E-state index in [0.29, 0.717) is 10.7 Å². The fourth-order valence-electron chi connectivity index (χ4n) is 1.71. The van der Waals surface area contributed by atoms with Gasteiger partial charge < -0.3 is 4.52 Å². The molecule has 7 heteroatoms. The highest BCUT2D eigenvalue weighted by atomic mass is 35.5. The van der Waals surface area contributed by atoms with E-state index in [1.54, 1.807) is 38.1 Å². The van der Waals surface area contributed by atoms with Crippen LogP contribution in [0.25, 0.3) is 0 Å². The minimum absolute atomic E-state index is 0.0986. The first-order chi connectivity index (χ1) is 8.90. The maximum absolute atomic E-state index is 12.1. The summed E-state index contributed by atoms with van der Waals surface area (Å²) < 4.78 is 31.6. The maximum atomic E-state index is 12.1. The SMILES string of the molecule is Cc1noc(C)c1S(=O)(=O)NCc1ccc(Cl)cc1. The Balaban J connectivity index is 2.17. The molecule has 102 valence electrons. The number of nitrogens with one attached hydrogen (secondary N) is 1. The summed E-state index contributed by atoms with van der Waals surface area (Å²) in [4.78, 5) is 0.0986. The molecule has 1 heterocycles.